The van der Waals surface area contributed by atoms with Crippen LogP contribution in [-0.4, -0.2) is 10.2 Å². The first-order chi connectivity index (χ1) is 10.2. The summed E-state index contributed by atoms with van der Waals surface area (Å²) in [5.41, 5.74) is 1.45. The van der Waals surface area contributed by atoms with Gasteiger partial charge in [-0.25, -0.2) is 0 Å². The maximum atomic E-state index is 10.2. The number of phenols is 2. The minimum absolute atomic E-state index is 0.0610. The molecule has 0 aliphatic heterocycles. The molecule has 0 aliphatic carbocycles. The lowest BCUT2D eigenvalue weighted by atomic mass is 10.1. The van der Waals surface area contributed by atoms with Crippen molar-refractivity contribution in [1.29, 1.82) is 0 Å². The van der Waals surface area contributed by atoms with Crippen molar-refractivity contribution in [2.24, 2.45) is 0 Å². The van der Waals surface area contributed by atoms with Crippen LogP contribution in [0.2, 0.25) is 0 Å². The van der Waals surface area contributed by atoms with E-state index in [9.17, 15) is 10.2 Å². The molecular formula is C18H18O3. The summed E-state index contributed by atoms with van der Waals surface area (Å²) in [6, 6.07) is 10.5. The molecule has 108 valence electrons. The fourth-order valence-electron chi connectivity index (χ4n) is 2.06. The summed E-state index contributed by atoms with van der Waals surface area (Å²) < 4.78 is 5.65. The number of rotatable bonds is 6. The van der Waals surface area contributed by atoms with Crippen molar-refractivity contribution >= 4 is 0 Å². The third kappa shape index (κ3) is 3.26. The molecule has 0 radical (unpaired) electrons. The molecule has 0 saturated carbocycles. The minimum atomic E-state index is 0.0610. The predicted octanol–water partition coefficient (Wildman–Crippen LogP) is 4.35. The smallest absolute Gasteiger partial charge is 0.169 e. The van der Waals surface area contributed by atoms with Crippen LogP contribution >= 0.6 is 0 Å². The highest BCUT2D eigenvalue weighted by atomic mass is 16.5. The van der Waals surface area contributed by atoms with E-state index in [1.807, 2.05) is 0 Å². The van der Waals surface area contributed by atoms with E-state index in [0.29, 0.717) is 24.3 Å². The zero-order valence-electron chi connectivity index (χ0n) is 11.7. The number of phenolic OH excluding ortho intramolecular Hbond substituents is 2. The molecule has 0 unspecified atom stereocenters. The van der Waals surface area contributed by atoms with Gasteiger partial charge in [0.05, 0.1) is 0 Å². The summed E-state index contributed by atoms with van der Waals surface area (Å²) >= 11 is 0. The van der Waals surface area contributed by atoms with Crippen LogP contribution in [0.3, 0.4) is 0 Å². The highest BCUT2D eigenvalue weighted by molar-refractivity contribution is 5.52. The summed E-state index contributed by atoms with van der Waals surface area (Å²) in [7, 11) is 0. The molecular weight excluding hydrogens is 264 g/mol. The van der Waals surface area contributed by atoms with Crippen molar-refractivity contribution in [3.63, 3.8) is 0 Å². The third-order valence-corrected chi connectivity index (χ3v) is 3.11. The number of ether oxygens (including phenoxy) is 1. The van der Waals surface area contributed by atoms with Crippen LogP contribution in [0.5, 0.6) is 23.0 Å². The van der Waals surface area contributed by atoms with Gasteiger partial charge < -0.3 is 14.9 Å². The lowest BCUT2D eigenvalue weighted by Crippen LogP contribution is -1.91. The second-order valence-electron chi connectivity index (χ2n) is 4.62. The van der Waals surface area contributed by atoms with E-state index in [0.717, 1.165) is 11.1 Å². The van der Waals surface area contributed by atoms with Gasteiger partial charge in [0.2, 0.25) is 0 Å². The lowest BCUT2D eigenvalue weighted by molar-refractivity contribution is 0.381. The Morgan fingerprint density at radius 1 is 0.810 bits per heavy atom. The van der Waals surface area contributed by atoms with E-state index >= 15 is 0 Å². The van der Waals surface area contributed by atoms with Crippen LogP contribution in [0.4, 0.5) is 0 Å². The van der Waals surface area contributed by atoms with Crippen LogP contribution in [-0.2, 0) is 12.8 Å². The molecule has 0 atom stereocenters. The predicted molar refractivity (Wildman–Crippen MR) is 84.1 cm³/mol. The van der Waals surface area contributed by atoms with E-state index < -0.39 is 0 Å². The summed E-state index contributed by atoms with van der Waals surface area (Å²) in [5, 5.41) is 20.3. The number of allylic oxidation sites excluding steroid dienone is 2. The van der Waals surface area contributed by atoms with Crippen LogP contribution < -0.4 is 4.74 Å². The largest absolute Gasteiger partial charge is 0.504 e. The Morgan fingerprint density at radius 2 is 1.24 bits per heavy atom. The Hall–Kier alpha value is -2.68. The molecule has 0 fully saturated rings. The van der Waals surface area contributed by atoms with Crippen molar-refractivity contribution < 1.29 is 14.9 Å². The standard InChI is InChI=1S/C18H18O3/c1-3-7-13-9-5-11-15(17(13)19)21-16-12-6-10-14(8-4-2)18(16)20/h3-6,9-12,19-20H,1-2,7-8H2. The highest BCUT2D eigenvalue weighted by Gasteiger charge is 2.12. The van der Waals surface area contributed by atoms with Crippen molar-refractivity contribution in [3.8, 4) is 23.0 Å². The molecule has 0 aliphatic rings. The molecule has 0 heterocycles. The fourth-order valence-corrected chi connectivity index (χ4v) is 2.06. The average Bonchev–Trinajstić information content (AvgIpc) is 2.48. The molecule has 0 amide bonds. The molecule has 0 saturated heterocycles. The summed E-state index contributed by atoms with van der Waals surface area (Å²) in [6.45, 7) is 7.31. The van der Waals surface area contributed by atoms with Gasteiger partial charge in [0.15, 0.2) is 23.0 Å². The van der Waals surface area contributed by atoms with E-state index in [-0.39, 0.29) is 11.5 Å². The van der Waals surface area contributed by atoms with Gasteiger partial charge in [-0.1, -0.05) is 36.4 Å². The fraction of sp³-hybridized carbons (Fsp3) is 0.111. The first-order valence-electron chi connectivity index (χ1n) is 6.68. The zero-order chi connectivity index (χ0) is 15.2. The molecule has 3 nitrogen and oxygen atoms in total. The molecule has 21 heavy (non-hydrogen) atoms. The van der Waals surface area contributed by atoms with E-state index in [4.69, 9.17) is 4.74 Å². The maximum Gasteiger partial charge on any atom is 0.169 e. The van der Waals surface area contributed by atoms with Gasteiger partial charge in [-0.15, -0.1) is 13.2 Å². The number of para-hydroxylation sites is 2. The SMILES string of the molecule is C=CCc1cccc(Oc2cccc(CC=C)c2O)c1O. The average molecular weight is 282 g/mol. The third-order valence-electron chi connectivity index (χ3n) is 3.11. The number of aromatic hydroxyl groups is 2. The first kappa shape index (κ1) is 14.7. The van der Waals surface area contributed by atoms with Crippen LogP contribution in [0.25, 0.3) is 0 Å². The molecule has 0 bridgehead atoms. The van der Waals surface area contributed by atoms with E-state index in [1.165, 1.54) is 0 Å². The highest BCUT2D eigenvalue weighted by Crippen LogP contribution is 2.38. The second-order valence-corrected chi connectivity index (χ2v) is 4.62. The van der Waals surface area contributed by atoms with Gasteiger partial charge >= 0.3 is 0 Å². The molecule has 0 aromatic heterocycles. The Bertz CT molecular complexity index is 602. The molecule has 2 aromatic carbocycles. The summed E-state index contributed by atoms with van der Waals surface area (Å²) in [6.07, 6.45) is 4.51. The topological polar surface area (TPSA) is 49.7 Å². The van der Waals surface area contributed by atoms with Crippen LogP contribution in [0.1, 0.15) is 11.1 Å². The van der Waals surface area contributed by atoms with Gasteiger partial charge in [-0.05, 0) is 25.0 Å². The number of benzene rings is 2. The van der Waals surface area contributed by atoms with E-state index in [2.05, 4.69) is 13.2 Å². The van der Waals surface area contributed by atoms with E-state index in [1.54, 1.807) is 48.6 Å². The molecule has 2 rings (SSSR count). The Kier molecular flexibility index (Phi) is 4.67. The molecule has 0 spiro atoms. The Labute approximate surface area is 124 Å². The van der Waals surface area contributed by atoms with Crippen molar-refractivity contribution in [3.05, 3.63) is 72.8 Å². The Morgan fingerprint density at radius 3 is 1.62 bits per heavy atom. The second kappa shape index (κ2) is 6.66. The summed E-state index contributed by atoms with van der Waals surface area (Å²) in [5.74, 6) is 0.734. The van der Waals surface area contributed by atoms with Gasteiger partial charge in [0.25, 0.3) is 0 Å². The molecule has 3 heteroatoms. The first-order valence-corrected chi connectivity index (χ1v) is 6.68. The van der Waals surface area contributed by atoms with Gasteiger partial charge in [0, 0.05) is 11.1 Å². The van der Waals surface area contributed by atoms with Gasteiger partial charge in [-0.3, -0.25) is 0 Å². The zero-order valence-corrected chi connectivity index (χ0v) is 11.7. The normalized spacial score (nSPS) is 10.1. The van der Waals surface area contributed by atoms with Crippen molar-refractivity contribution in [2.45, 2.75) is 12.8 Å². The van der Waals surface area contributed by atoms with Crippen LogP contribution in [0, 0.1) is 0 Å². The number of hydrogen-bond acceptors (Lipinski definition) is 3. The number of hydrogen-bond donors (Lipinski definition) is 2. The van der Waals surface area contributed by atoms with Crippen LogP contribution in [0.15, 0.2) is 61.7 Å². The molecule has 2 N–H and O–H groups in total. The lowest BCUT2D eigenvalue weighted by Gasteiger charge is -2.12. The Balaban J connectivity index is 2.34. The van der Waals surface area contributed by atoms with Gasteiger partial charge in [-0.2, -0.15) is 0 Å². The quantitative estimate of drug-likeness (QED) is 0.774. The summed E-state index contributed by atoms with van der Waals surface area (Å²) in [4.78, 5) is 0. The minimum Gasteiger partial charge on any atom is -0.504 e. The van der Waals surface area contributed by atoms with Crippen molar-refractivity contribution in [2.75, 3.05) is 0 Å². The van der Waals surface area contributed by atoms with Gasteiger partial charge in [0.1, 0.15) is 0 Å². The molecule has 2 aromatic rings. The monoisotopic (exact) mass is 282 g/mol. The van der Waals surface area contributed by atoms with Crippen molar-refractivity contribution in [1.82, 2.24) is 0 Å². The maximum absolute atomic E-state index is 10.2.